The molecule has 3 nitrogen and oxygen atoms in total. The summed E-state index contributed by atoms with van der Waals surface area (Å²) in [6.07, 6.45) is 0.385. The first-order valence-corrected chi connectivity index (χ1v) is 5.19. The number of carbonyl (C=O) groups is 2. The van der Waals surface area contributed by atoms with Crippen LogP contribution in [0.2, 0.25) is 0 Å². The van der Waals surface area contributed by atoms with Gasteiger partial charge in [-0.2, -0.15) is 0 Å². The summed E-state index contributed by atoms with van der Waals surface area (Å²) < 4.78 is 12.9. The monoisotopic (exact) mass is 221 g/mol. The van der Waals surface area contributed by atoms with E-state index in [1.165, 1.54) is 12.1 Å². The fraction of sp³-hybridized carbons (Fsp3) is 0.333. The van der Waals surface area contributed by atoms with Crippen LogP contribution in [0, 0.1) is 5.82 Å². The Morgan fingerprint density at radius 1 is 1.31 bits per heavy atom. The summed E-state index contributed by atoms with van der Waals surface area (Å²) in [6.45, 7) is 0.818. The molecule has 1 aromatic carbocycles. The summed E-state index contributed by atoms with van der Waals surface area (Å²) in [5.74, 6) is -0.487. The number of benzene rings is 1. The highest BCUT2D eigenvalue weighted by atomic mass is 19.1. The number of ketones is 1. The van der Waals surface area contributed by atoms with Crippen LogP contribution in [0.15, 0.2) is 24.3 Å². The first-order valence-electron chi connectivity index (χ1n) is 5.19. The molecule has 0 atom stereocenters. The van der Waals surface area contributed by atoms with Gasteiger partial charge < -0.3 is 4.90 Å². The maximum absolute atomic E-state index is 12.9. The summed E-state index contributed by atoms with van der Waals surface area (Å²) >= 11 is 0. The van der Waals surface area contributed by atoms with Gasteiger partial charge in [0.25, 0.3) is 0 Å². The number of nitrogens with zero attached hydrogens (tertiary/aromatic N) is 1. The van der Waals surface area contributed by atoms with E-state index < -0.39 is 0 Å². The van der Waals surface area contributed by atoms with Gasteiger partial charge in [0, 0.05) is 19.5 Å². The second kappa shape index (κ2) is 4.43. The lowest BCUT2D eigenvalue weighted by molar-refractivity contribution is -0.139. The third-order valence-corrected chi connectivity index (χ3v) is 2.62. The van der Waals surface area contributed by atoms with Crippen LogP contribution in [0.1, 0.15) is 18.4 Å². The average Bonchev–Trinajstić information content (AvgIpc) is 2.22. The second-order valence-corrected chi connectivity index (χ2v) is 3.91. The number of likely N-dealkylation sites (tertiary alicyclic amines) is 1. The molecule has 0 radical (unpaired) electrons. The molecule has 1 aromatic rings. The molecule has 0 spiro atoms. The van der Waals surface area contributed by atoms with Gasteiger partial charge in [0.05, 0.1) is 6.42 Å². The summed E-state index contributed by atoms with van der Waals surface area (Å²) in [5, 5.41) is 0. The molecule has 0 aromatic heterocycles. The lowest BCUT2D eigenvalue weighted by Gasteiger charge is -2.26. The lowest BCUT2D eigenvalue weighted by Crippen LogP contribution is -2.38. The molecule has 1 amide bonds. The van der Waals surface area contributed by atoms with Gasteiger partial charge in [0.2, 0.25) is 5.91 Å². The van der Waals surface area contributed by atoms with E-state index in [9.17, 15) is 14.0 Å². The standard InChI is InChI=1S/C12H12FNO2/c13-10-3-1-2-9(6-10)8-14-5-4-11(15)7-12(14)16/h1-3,6H,4-5,7-8H2. The Bertz CT molecular complexity index is 431. The largest absolute Gasteiger partial charge is 0.338 e. The number of halogens is 1. The van der Waals surface area contributed by atoms with Crippen molar-refractivity contribution in [3.05, 3.63) is 35.6 Å². The molecule has 0 N–H and O–H groups in total. The SMILES string of the molecule is O=C1CCN(Cc2cccc(F)c2)C(=O)C1. The van der Waals surface area contributed by atoms with Gasteiger partial charge in [-0.05, 0) is 17.7 Å². The molecule has 0 unspecified atom stereocenters. The van der Waals surface area contributed by atoms with Gasteiger partial charge in [-0.1, -0.05) is 12.1 Å². The van der Waals surface area contributed by atoms with Gasteiger partial charge >= 0.3 is 0 Å². The fourth-order valence-electron chi connectivity index (χ4n) is 1.78. The number of Topliss-reactive ketones (excluding diaryl/α,β-unsaturated/α-hetero) is 1. The minimum absolute atomic E-state index is 0.0134. The van der Waals surface area contributed by atoms with Crippen molar-refractivity contribution < 1.29 is 14.0 Å². The van der Waals surface area contributed by atoms with Crippen LogP contribution in [0.4, 0.5) is 4.39 Å². The van der Waals surface area contributed by atoms with E-state index >= 15 is 0 Å². The molecule has 0 saturated carbocycles. The van der Waals surface area contributed by atoms with Crippen molar-refractivity contribution in [1.82, 2.24) is 4.90 Å². The Balaban J connectivity index is 2.05. The molecule has 1 saturated heterocycles. The molecule has 1 fully saturated rings. The first kappa shape index (κ1) is 10.8. The topological polar surface area (TPSA) is 37.4 Å². The number of hydrogen-bond acceptors (Lipinski definition) is 2. The van der Waals surface area contributed by atoms with Gasteiger partial charge in [-0.3, -0.25) is 9.59 Å². The minimum atomic E-state index is -0.307. The number of hydrogen-bond donors (Lipinski definition) is 0. The van der Waals surface area contributed by atoms with Crippen LogP contribution in [0.3, 0.4) is 0 Å². The van der Waals surface area contributed by atoms with E-state index in [2.05, 4.69) is 0 Å². The molecule has 84 valence electrons. The highest BCUT2D eigenvalue weighted by Gasteiger charge is 2.23. The van der Waals surface area contributed by atoms with Crippen LogP contribution in [0.25, 0.3) is 0 Å². The third kappa shape index (κ3) is 2.45. The van der Waals surface area contributed by atoms with Gasteiger partial charge in [-0.25, -0.2) is 4.39 Å². The molecule has 2 rings (SSSR count). The Hall–Kier alpha value is -1.71. The molecule has 16 heavy (non-hydrogen) atoms. The van der Waals surface area contributed by atoms with E-state index in [-0.39, 0.29) is 23.9 Å². The maximum atomic E-state index is 12.9. The van der Waals surface area contributed by atoms with E-state index in [0.29, 0.717) is 19.5 Å². The van der Waals surface area contributed by atoms with Crippen molar-refractivity contribution in [3.63, 3.8) is 0 Å². The van der Waals surface area contributed by atoms with Crippen molar-refractivity contribution in [2.45, 2.75) is 19.4 Å². The molecular formula is C12H12FNO2. The predicted octanol–water partition coefficient (Wildman–Crippen LogP) is 1.52. The molecule has 1 heterocycles. The Morgan fingerprint density at radius 3 is 2.81 bits per heavy atom. The van der Waals surface area contributed by atoms with Crippen LogP contribution < -0.4 is 0 Å². The molecule has 1 aliphatic heterocycles. The Kier molecular flexibility index (Phi) is 2.99. The van der Waals surface area contributed by atoms with E-state index in [0.717, 1.165) is 5.56 Å². The smallest absolute Gasteiger partial charge is 0.230 e. The number of rotatable bonds is 2. The predicted molar refractivity (Wildman–Crippen MR) is 56.1 cm³/mol. The molecular weight excluding hydrogens is 209 g/mol. The van der Waals surface area contributed by atoms with Crippen LogP contribution in [-0.4, -0.2) is 23.1 Å². The van der Waals surface area contributed by atoms with Crippen molar-refractivity contribution in [3.8, 4) is 0 Å². The zero-order chi connectivity index (χ0) is 11.5. The maximum Gasteiger partial charge on any atom is 0.230 e. The fourth-order valence-corrected chi connectivity index (χ4v) is 1.78. The van der Waals surface area contributed by atoms with E-state index in [1.54, 1.807) is 17.0 Å². The number of amides is 1. The summed E-state index contributed by atoms with van der Waals surface area (Å²) in [6, 6.07) is 6.16. The lowest BCUT2D eigenvalue weighted by atomic mass is 10.1. The number of piperidine rings is 1. The van der Waals surface area contributed by atoms with E-state index in [4.69, 9.17) is 0 Å². The third-order valence-electron chi connectivity index (χ3n) is 2.62. The van der Waals surface area contributed by atoms with Gasteiger partial charge in [0.15, 0.2) is 0 Å². The quantitative estimate of drug-likeness (QED) is 0.710. The normalized spacial score (nSPS) is 16.7. The first-order chi connectivity index (χ1) is 7.65. The molecule has 0 bridgehead atoms. The van der Waals surface area contributed by atoms with Crippen molar-refractivity contribution in [2.75, 3.05) is 6.54 Å². The molecule has 1 aliphatic rings. The van der Waals surface area contributed by atoms with Crippen molar-refractivity contribution in [1.29, 1.82) is 0 Å². The highest BCUT2D eigenvalue weighted by Crippen LogP contribution is 2.13. The average molecular weight is 221 g/mol. The Morgan fingerprint density at radius 2 is 2.12 bits per heavy atom. The van der Waals surface area contributed by atoms with Crippen LogP contribution in [-0.2, 0) is 16.1 Å². The summed E-state index contributed by atoms with van der Waals surface area (Å²) in [5.41, 5.74) is 0.752. The second-order valence-electron chi connectivity index (χ2n) is 3.91. The van der Waals surface area contributed by atoms with Crippen LogP contribution in [0.5, 0.6) is 0 Å². The van der Waals surface area contributed by atoms with Crippen molar-refractivity contribution in [2.24, 2.45) is 0 Å². The number of carbonyl (C=O) groups excluding carboxylic acids is 2. The Labute approximate surface area is 92.9 Å². The summed E-state index contributed by atoms with van der Waals surface area (Å²) in [4.78, 5) is 24.1. The van der Waals surface area contributed by atoms with Crippen LogP contribution >= 0.6 is 0 Å². The van der Waals surface area contributed by atoms with Crippen molar-refractivity contribution >= 4 is 11.7 Å². The highest BCUT2D eigenvalue weighted by molar-refractivity contribution is 6.00. The van der Waals surface area contributed by atoms with E-state index in [1.807, 2.05) is 0 Å². The molecule has 0 aliphatic carbocycles. The summed E-state index contributed by atoms with van der Waals surface area (Å²) in [7, 11) is 0. The van der Waals surface area contributed by atoms with Gasteiger partial charge in [-0.15, -0.1) is 0 Å². The zero-order valence-corrected chi connectivity index (χ0v) is 8.78. The zero-order valence-electron chi connectivity index (χ0n) is 8.78. The minimum Gasteiger partial charge on any atom is -0.338 e. The molecule has 4 heteroatoms. The van der Waals surface area contributed by atoms with Gasteiger partial charge in [0.1, 0.15) is 11.6 Å².